The summed E-state index contributed by atoms with van der Waals surface area (Å²) in [4.78, 5) is 14.6. The lowest BCUT2D eigenvalue weighted by atomic mass is 10.1. The van der Waals surface area contributed by atoms with Crippen molar-refractivity contribution in [2.24, 2.45) is 5.92 Å². The number of halogens is 1. The maximum atomic E-state index is 12.8. The van der Waals surface area contributed by atoms with E-state index < -0.39 is 0 Å². The van der Waals surface area contributed by atoms with Crippen LogP contribution in [0.4, 0.5) is 0 Å². The van der Waals surface area contributed by atoms with Crippen molar-refractivity contribution in [2.75, 3.05) is 13.6 Å². The summed E-state index contributed by atoms with van der Waals surface area (Å²) in [5.74, 6) is 0.578. The molecule has 1 aromatic carbocycles. The summed E-state index contributed by atoms with van der Waals surface area (Å²) in [5.41, 5.74) is 2.04. The summed E-state index contributed by atoms with van der Waals surface area (Å²) in [6, 6.07) is 9.64. The first-order valence-electron chi connectivity index (χ1n) is 8.14. The molecule has 4 nitrogen and oxygen atoms in total. The number of amides is 1. The molecule has 1 aromatic heterocycles. The fourth-order valence-electron chi connectivity index (χ4n) is 3.34. The number of carbonyl (C=O) groups is 1. The molecule has 0 spiro atoms. The van der Waals surface area contributed by atoms with Gasteiger partial charge in [-0.15, -0.1) is 0 Å². The third kappa shape index (κ3) is 3.27. The SMILES string of the molecule is Cc1nn(-c2ccccc2)c(Cl)c1C(=O)N(C)CC1CCCC1. The maximum Gasteiger partial charge on any atom is 0.258 e. The van der Waals surface area contributed by atoms with E-state index in [4.69, 9.17) is 11.6 Å². The highest BCUT2D eigenvalue weighted by atomic mass is 35.5. The van der Waals surface area contributed by atoms with Gasteiger partial charge in [0.1, 0.15) is 5.15 Å². The number of hydrogen-bond acceptors (Lipinski definition) is 2. The van der Waals surface area contributed by atoms with Crippen LogP contribution in [0.2, 0.25) is 5.15 Å². The Kier molecular flexibility index (Phi) is 4.71. The summed E-state index contributed by atoms with van der Waals surface area (Å²) in [5, 5.41) is 4.84. The molecule has 1 heterocycles. The fourth-order valence-corrected chi connectivity index (χ4v) is 3.69. The quantitative estimate of drug-likeness (QED) is 0.846. The lowest BCUT2D eigenvalue weighted by molar-refractivity contribution is 0.0773. The van der Waals surface area contributed by atoms with Gasteiger partial charge in [-0.3, -0.25) is 4.79 Å². The fraction of sp³-hybridized carbons (Fsp3) is 0.444. The molecule has 0 unspecified atom stereocenters. The van der Waals surface area contributed by atoms with Crippen molar-refractivity contribution >= 4 is 17.5 Å². The van der Waals surface area contributed by atoms with Gasteiger partial charge >= 0.3 is 0 Å². The van der Waals surface area contributed by atoms with Crippen LogP contribution in [0.5, 0.6) is 0 Å². The Morgan fingerprint density at radius 3 is 2.61 bits per heavy atom. The molecule has 122 valence electrons. The number of nitrogens with zero attached hydrogens (tertiary/aromatic N) is 3. The second-order valence-corrected chi connectivity index (χ2v) is 6.69. The van der Waals surface area contributed by atoms with Crippen molar-refractivity contribution in [1.82, 2.24) is 14.7 Å². The average Bonchev–Trinajstić information content (AvgIpc) is 3.15. The normalized spacial score (nSPS) is 15.1. The van der Waals surface area contributed by atoms with Crippen LogP contribution in [-0.2, 0) is 0 Å². The molecule has 0 atom stereocenters. The first-order valence-corrected chi connectivity index (χ1v) is 8.51. The van der Waals surface area contributed by atoms with Gasteiger partial charge in [0, 0.05) is 13.6 Å². The number of hydrogen-bond donors (Lipinski definition) is 0. The van der Waals surface area contributed by atoms with Crippen LogP contribution in [0.3, 0.4) is 0 Å². The highest BCUT2D eigenvalue weighted by Gasteiger charge is 2.26. The maximum absolute atomic E-state index is 12.8. The van der Waals surface area contributed by atoms with E-state index in [2.05, 4.69) is 5.10 Å². The van der Waals surface area contributed by atoms with Crippen molar-refractivity contribution < 1.29 is 4.79 Å². The summed E-state index contributed by atoms with van der Waals surface area (Å²) in [6.45, 7) is 2.63. The zero-order chi connectivity index (χ0) is 16.4. The molecule has 23 heavy (non-hydrogen) atoms. The standard InChI is InChI=1S/C18H22ClN3O/c1-13-16(18(23)21(2)12-14-8-6-7-9-14)17(19)22(20-13)15-10-4-3-5-11-15/h3-5,10-11,14H,6-9,12H2,1-2H3. The highest BCUT2D eigenvalue weighted by molar-refractivity contribution is 6.33. The summed E-state index contributed by atoms with van der Waals surface area (Å²) in [7, 11) is 1.86. The van der Waals surface area contributed by atoms with Gasteiger partial charge in [-0.25, -0.2) is 4.68 Å². The van der Waals surface area contributed by atoms with E-state index in [1.54, 1.807) is 9.58 Å². The zero-order valence-electron chi connectivity index (χ0n) is 13.6. The molecule has 1 fully saturated rings. The van der Waals surface area contributed by atoms with Crippen molar-refractivity contribution in [1.29, 1.82) is 0 Å². The second kappa shape index (κ2) is 6.75. The lowest BCUT2D eigenvalue weighted by Crippen LogP contribution is -2.31. The summed E-state index contributed by atoms with van der Waals surface area (Å²) < 4.78 is 1.63. The number of rotatable bonds is 4. The number of aryl methyl sites for hydroxylation is 1. The Labute approximate surface area is 142 Å². The zero-order valence-corrected chi connectivity index (χ0v) is 14.4. The molecule has 0 aliphatic heterocycles. The second-order valence-electron chi connectivity index (χ2n) is 6.33. The molecule has 1 aliphatic rings. The minimum absolute atomic E-state index is 0.0402. The topological polar surface area (TPSA) is 38.1 Å². The largest absolute Gasteiger partial charge is 0.341 e. The van der Waals surface area contributed by atoms with E-state index in [1.807, 2.05) is 44.3 Å². The first-order chi connectivity index (χ1) is 11.1. The van der Waals surface area contributed by atoms with Gasteiger partial charge in [-0.2, -0.15) is 5.10 Å². The van der Waals surface area contributed by atoms with Crippen LogP contribution in [-0.4, -0.2) is 34.2 Å². The third-order valence-electron chi connectivity index (χ3n) is 4.57. The number of benzene rings is 1. The molecular weight excluding hydrogens is 310 g/mol. The van der Waals surface area contributed by atoms with Crippen LogP contribution in [0.25, 0.3) is 5.69 Å². The molecular formula is C18H22ClN3O. The molecule has 1 saturated carbocycles. The molecule has 3 rings (SSSR count). The molecule has 5 heteroatoms. The molecule has 0 saturated heterocycles. The lowest BCUT2D eigenvalue weighted by Gasteiger charge is -2.21. The molecule has 0 bridgehead atoms. The van der Waals surface area contributed by atoms with Crippen LogP contribution in [0.15, 0.2) is 30.3 Å². The van der Waals surface area contributed by atoms with E-state index in [0.29, 0.717) is 22.3 Å². The Morgan fingerprint density at radius 2 is 1.96 bits per heavy atom. The number of carbonyl (C=O) groups excluding carboxylic acids is 1. The Bertz CT molecular complexity index is 690. The van der Waals surface area contributed by atoms with Gasteiger partial charge in [0.2, 0.25) is 0 Å². The van der Waals surface area contributed by atoms with Crippen molar-refractivity contribution in [3.05, 3.63) is 46.7 Å². The Hall–Kier alpha value is -1.81. The minimum Gasteiger partial charge on any atom is -0.341 e. The number of aromatic nitrogens is 2. The summed E-state index contributed by atoms with van der Waals surface area (Å²) in [6.07, 6.45) is 4.98. The number of para-hydroxylation sites is 1. The van der Waals surface area contributed by atoms with E-state index in [0.717, 1.165) is 12.2 Å². The van der Waals surface area contributed by atoms with Gasteiger partial charge in [0.05, 0.1) is 16.9 Å². The van der Waals surface area contributed by atoms with Crippen LogP contribution >= 0.6 is 11.6 Å². The van der Waals surface area contributed by atoms with E-state index in [-0.39, 0.29) is 5.91 Å². The van der Waals surface area contributed by atoms with Crippen molar-refractivity contribution in [3.8, 4) is 5.69 Å². The Morgan fingerprint density at radius 1 is 1.30 bits per heavy atom. The minimum atomic E-state index is -0.0402. The van der Waals surface area contributed by atoms with E-state index in [1.165, 1.54) is 25.7 Å². The van der Waals surface area contributed by atoms with Gasteiger partial charge in [0.15, 0.2) is 0 Å². The van der Waals surface area contributed by atoms with Crippen molar-refractivity contribution in [3.63, 3.8) is 0 Å². The Balaban J connectivity index is 1.84. The first kappa shape index (κ1) is 16.1. The third-order valence-corrected chi connectivity index (χ3v) is 4.92. The van der Waals surface area contributed by atoms with Gasteiger partial charge in [-0.1, -0.05) is 42.6 Å². The monoisotopic (exact) mass is 331 g/mol. The summed E-state index contributed by atoms with van der Waals surface area (Å²) >= 11 is 6.47. The van der Waals surface area contributed by atoms with Crippen LogP contribution < -0.4 is 0 Å². The molecule has 1 amide bonds. The van der Waals surface area contributed by atoms with Crippen LogP contribution in [0, 0.1) is 12.8 Å². The van der Waals surface area contributed by atoms with Gasteiger partial charge in [-0.05, 0) is 37.8 Å². The van der Waals surface area contributed by atoms with E-state index in [9.17, 15) is 4.79 Å². The molecule has 0 radical (unpaired) electrons. The van der Waals surface area contributed by atoms with Crippen molar-refractivity contribution in [2.45, 2.75) is 32.6 Å². The van der Waals surface area contributed by atoms with Crippen LogP contribution in [0.1, 0.15) is 41.7 Å². The highest BCUT2D eigenvalue weighted by Crippen LogP contribution is 2.28. The smallest absolute Gasteiger partial charge is 0.258 e. The van der Waals surface area contributed by atoms with Gasteiger partial charge < -0.3 is 4.90 Å². The molecule has 2 aromatic rings. The van der Waals surface area contributed by atoms with Gasteiger partial charge in [0.25, 0.3) is 5.91 Å². The molecule has 0 N–H and O–H groups in total. The average molecular weight is 332 g/mol. The predicted octanol–water partition coefficient (Wildman–Crippen LogP) is 4.10. The predicted molar refractivity (Wildman–Crippen MR) is 92.2 cm³/mol. The molecule has 1 aliphatic carbocycles. The van der Waals surface area contributed by atoms with E-state index >= 15 is 0 Å².